The summed E-state index contributed by atoms with van der Waals surface area (Å²) in [5.41, 5.74) is 2.31. The highest BCUT2D eigenvalue weighted by Gasteiger charge is 2.08. The molecule has 2 aromatic rings. The van der Waals surface area contributed by atoms with Gasteiger partial charge in [0.2, 0.25) is 0 Å². The Kier molecular flexibility index (Phi) is 4.17. The summed E-state index contributed by atoms with van der Waals surface area (Å²) in [5.74, 6) is 0.181. The van der Waals surface area contributed by atoms with Crippen LogP contribution in [0.3, 0.4) is 0 Å². The molecule has 19 heavy (non-hydrogen) atoms. The normalized spacial score (nSPS) is 10.5. The maximum atomic E-state index is 12.0. The lowest BCUT2D eigenvalue weighted by molar-refractivity contribution is 0.102. The number of benzene rings is 1. The van der Waals surface area contributed by atoms with Gasteiger partial charge in [-0.05, 0) is 35.7 Å². The molecule has 0 unspecified atom stereocenters. The summed E-state index contributed by atoms with van der Waals surface area (Å²) < 4.78 is 0. The first-order valence-electron chi connectivity index (χ1n) is 6.08. The second kappa shape index (κ2) is 5.85. The number of hydrogen-bond donors (Lipinski definition) is 1. The maximum Gasteiger partial charge on any atom is 0.255 e. The molecule has 0 saturated heterocycles. The van der Waals surface area contributed by atoms with E-state index in [-0.39, 0.29) is 5.91 Å². The molecule has 0 aliphatic heterocycles. The Hall–Kier alpha value is -1.87. The van der Waals surface area contributed by atoms with Gasteiger partial charge in [0, 0.05) is 16.8 Å². The monoisotopic (exact) mass is 274 g/mol. The molecule has 1 N–H and O–H groups in total. The standard InChI is InChI=1S/C15H15ClN2O/c1-10(2)12-7-14(9-17-8-12)18-15(19)11-4-3-5-13(16)6-11/h3-10H,1-2H3,(H,18,19). The van der Waals surface area contributed by atoms with Gasteiger partial charge in [-0.1, -0.05) is 31.5 Å². The molecule has 1 heterocycles. The number of nitrogens with one attached hydrogen (secondary N) is 1. The predicted molar refractivity (Wildman–Crippen MR) is 77.7 cm³/mol. The molecule has 2 rings (SSSR count). The van der Waals surface area contributed by atoms with Crippen molar-refractivity contribution in [2.45, 2.75) is 19.8 Å². The van der Waals surface area contributed by atoms with Crippen LogP contribution >= 0.6 is 11.6 Å². The highest BCUT2D eigenvalue weighted by atomic mass is 35.5. The Morgan fingerprint density at radius 1 is 1.26 bits per heavy atom. The fourth-order valence-electron chi connectivity index (χ4n) is 1.67. The molecule has 98 valence electrons. The fraction of sp³-hybridized carbons (Fsp3) is 0.200. The number of halogens is 1. The summed E-state index contributed by atoms with van der Waals surface area (Å²) >= 11 is 5.87. The predicted octanol–water partition coefficient (Wildman–Crippen LogP) is 4.11. The number of carbonyl (C=O) groups excluding carboxylic acids is 1. The van der Waals surface area contributed by atoms with Crippen molar-refractivity contribution in [2.24, 2.45) is 0 Å². The molecule has 0 spiro atoms. The zero-order chi connectivity index (χ0) is 13.8. The minimum atomic E-state index is -0.190. The third-order valence-corrected chi connectivity index (χ3v) is 3.01. The van der Waals surface area contributed by atoms with Crippen LogP contribution in [0.5, 0.6) is 0 Å². The van der Waals surface area contributed by atoms with Crippen molar-refractivity contribution in [2.75, 3.05) is 5.32 Å². The van der Waals surface area contributed by atoms with Crippen LogP contribution in [-0.4, -0.2) is 10.9 Å². The molecule has 1 amide bonds. The van der Waals surface area contributed by atoms with Crippen LogP contribution in [0.1, 0.15) is 35.7 Å². The molecule has 4 heteroatoms. The molecule has 0 bridgehead atoms. The second-order valence-electron chi connectivity index (χ2n) is 4.63. The molecule has 0 aliphatic rings. The Bertz CT molecular complexity index is 596. The molecule has 0 atom stereocenters. The Morgan fingerprint density at radius 2 is 2.05 bits per heavy atom. The van der Waals surface area contributed by atoms with Crippen molar-refractivity contribution >= 4 is 23.2 Å². The van der Waals surface area contributed by atoms with Gasteiger partial charge >= 0.3 is 0 Å². The Labute approximate surface area is 117 Å². The highest BCUT2D eigenvalue weighted by Crippen LogP contribution is 2.18. The Balaban J connectivity index is 2.17. The van der Waals surface area contributed by atoms with Gasteiger partial charge in [0.1, 0.15) is 0 Å². The van der Waals surface area contributed by atoms with Crippen LogP contribution in [0.15, 0.2) is 42.7 Å². The van der Waals surface area contributed by atoms with E-state index in [4.69, 9.17) is 11.6 Å². The van der Waals surface area contributed by atoms with E-state index < -0.39 is 0 Å². The molecule has 0 saturated carbocycles. The van der Waals surface area contributed by atoms with E-state index in [1.807, 2.05) is 6.07 Å². The van der Waals surface area contributed by atoms with Crippen molar-refractivity contribution < 1.29 is 4.79 Å². The quantitative estimate of drug-likeness (QED) is 0.915. The van der Waals surface area contributed by atoms with E-state index >= 15 is 0 Å². The summed E-state index contributed by atoms with van der Waals surface area (Å²) in [6, 6.07) is 8.77. The van der Waals surface area contributed by atoms with Gasteiger partial charge in [-0.3, -0.25) is 9.78 Å². The van der Waals surface area contributed by atoms with Crippen LogP contribution in [-0.2, 0) is 0 Å². The number of amides is 1. The van der Waals surface area contributed by atoms with Crippen LogP contribution in [0.4, 0.5) is 5.69 Å². The molecule has 1 aromatic heterocycles. The third-order valence-electron chi connectivity index (χ3n) is 2.77. The first kappa shape index (κ1) is 13.6. The maximum absolute atomic E-state index is 12.0. The van der Waals surface area contributed by atoms with Gasteiger partial charge in [-0.2, -0.15) is 0 Å². The number of nitrogens with zero attached hydrogens (tertiary/aromatic N) is 1. The molecular formula is C15H15ClN2O. The summed E-state index contributed by atoms with van der Waals surface area (Å²) in [6.07, 6.45) is 3.44. The number of anilines is 1. The Morgan fingerprint density at radius 3 is 2.74 bits per heavy atom. The van der Waals surface area contributed by atoms with E-state index in [0.29, 0.717) is 22.2 Å². The summed E-state index contributed by atoms with van der Waals surface area (Å²) in [4.78, 5) is 16.2. The van der Waals surface area contributed by atoms with Gasteiger partial charge in [0.25, 0.3) is 5.91 Å². The molecule has 0 aliphatic carbocycles. The van der Waals surface area contributed by atoms with Crippen LogP contribution in [0, 0.1) is 0 Å². The number of carbonyl (C=O) groups is 1. The first-order valence-corrected chi connectivity index (χ1v) is 6.46. The van der Waals surface area contributed by atoms with Gasteiger partial charge in [0.15, 0.2) is 0 Å². The van der Waals surface area contributed by atoms with Crippen molar-refractivity contribution in [1.82, 2.24) is 4.98 Å². The van der Waals surface area contributed by atoms with Crippen molar-refractivity contribution in [3.05, 3.63) is 58.9 Å². The van der Waals surface area contributed by atoms with Gasteiger partial charge in [0.05, 0.1) is 11.9 Å². The number of aromatic nitrogens is 1. The summed E-state index contributed by atoms with van der Waals surface area (Å²) in [5, 5.41) is 3.36. The molecule has 0 fully saturated rings. The molecule has 1 aromatic carbocycles. The van der Waals surface area contributed by atoms with E-state index in [1.54, 1.807) is 36.7 Å². The number of rotatable bonds is 3. The lowest BCUT2D eigenvalue weighted by Gasteiger charge is -2.09. The van der Waals surface area contributed by atoms with Gasteiger partial charge in [-0.15, -0.1) is 0 Å². The largest absolute Gasteiger partial charge is 0.321 e. The lowest BCUT2D eigenvalue weighted by Crippen LogP contribution is -2.12. The van der Waals surface area contributed by atoms with E-state index in [0.717, 1.165) is 5.56 Å². The van der Waals surface area contributed by atoms with Gasteiger partial charge < -0.3 is 5.32 Å². The SMILES string of the molecule is CC(C)c1cncc(NC(=O)c2cccc(Cl)c2)c1. The zero-order valence-corrected chi connectivity index (χ0v) is 11.6. The van der Waals surface area contributed by atoms with Crippen molar-refractivity contribution in [3.8, 4) is 0 Å². The van der Waals surface area contributed by atoms with Gasteiger partial charge in [-0.25, -0.2) is 0 Å². The molecule has 3 nitrogen and oxygen atoms in total. The second-order valence-corrected chi connectivity index (χ2v) is 5.06. The van der Waals surface area contributed by atoms with Crippen LogP contribution in [0.2, 0.25) is 5.02 Å². The summed E-state index contributed by atoms with van der Waals surface area (Å²) in [7, 11) is 0. The smallest absolute Gasteiger partial charge is 0.255 e. The average molecular weight is 275 g/mol. The van der Waals surface area contributed by atoms with E-state index in [9.17, 15) is 4.79 Å². The summed E-state index contributed by atoms with van der Waals surface area (Å²) in [6.45, 7) is 4.17. The zero-order valence-electron chi connectivity index (χ0n) is 10.9. The third kappa shape index (κ3) is 3.55. The topological polar surface area (TPSA) is 42.0 Å². The number of pyridine rings is 1. The minimum absolute atomic E-state index is 0.190. The van der Waals surface area contributed by atoms with Crippen LogP contribution < -0.4 is 5.32 Å². The first-order chi connectivity index (χ1) is 9.06. The molecule has 0 radical (unpaired) electrons. The fourth-order valence-corrected chi connectivity index (χ4v) is 1.87. The van der Waals surface area contributed by atoms with Crippen molar-refractivity contribution in [3.63, 3.8) is 0 Å². The molecular weight excluding hydrogens is 260 g/mol. The minimum Gasteiger partial charge on any atom is -0.321 e. The van der Waals surface area contributed by atoms with E-state index in [2.05, 4.69) is 24.1 Å². The van der Waals surface area contributed by atoms with Crippen LogP contribution in [0.25, 0.3) is 0 Å². The van der Waals surface area contributed by atoms with E-state index in [1.165, 1.54) is 0 Å². The number of hydrogen-bond acceptors (Lipinski definition) is 2. The average Bonchev–Trinajstić information content (AvgIpc) is 2.39. The highest BCUT2D eigenvalue weighted by molar-refractivity contribution is 6.31. The van der Waals surface area contributed by atoms with Crippen molar-refractivity contribution in [1.29, 1.82) is 0 Å². The lowest BCUT2D eigenvalue weighted by atomic mass is 10.1.